The van der Waals surface area contributed by atoms with Gasteiger partial charge in [0, 0.05) is 18.5 Å². The molecule has 0 unspecified atom stereocenters. The Bertz CT molecular complexity index is 789. The van der Waals surface area contributed by atoms with Crippen LogP contribution in [0, 0.1) is 0 Å². The number of H-pyrrole nitrogens is 1. The van der Waals surface area contributed by atoms with E-state index in [0.717, 1.165) is 22.6 Å². The fraction of sp³-hybridized carbons (Fsp3) is 0.263. The van der Waals surface area contributed by atoms with Crippen molar-refractivity contribution in [3.05, 3.63) is 59.9 Å². The first kappa shape index (κ1) is 16.1. The van der Waals surface area contributed by atoms with Crippen LogP contribution >= 0.6 is 0 Å². The minimum atomic E-state index is -0.0952. The van der Waals surface area contributed by atoms with Crippen LogP contribution in [0.2, 0.25) is 0 Å². The molecule has 0 saturated heterocycles. The molecular weight excluding hydrogens is 302 g/mol. The molecule has 0 bridgehead atoms. The molecule has 2 aromatic carbocycles. The summed E-state index contributed by atoms with van der Waals surface area (Å²) in [7, 11) is 0. The first-order valence-electron chi connectivity index (χ1n) is 8.10. The number of nitrogens with one attached hydrogen (secondary N) is 2. The number of hydrogen-bond donors (Lipinski definition) is 2. The lowest BCUT2D eigenvalue weighted by atomic mass is 10.2. The summed E-state index contributed by atoms with van der Waals surface area (Å²) in [6.45, 7) is 4.47. The van der Waals surface area contributed by atoms with E-state index in [0.29, 0.717) is 18.5 Å². The molecule has 0 aliphatic heterocycles. The summed E-state index contributed by atoms with van der Waals surface area (Å²) in [5.74, 6) is 1.54. The molecule has 1 heterocycles. The van der Waals surface area contributed by atoms with Crippen molar-refractivity contribution < 1.29 is 9.53 Å². The lowest BCUT2D eigenvalue weighted by Crippen LogP contribution is -2.25. The number of hydrogen-bond acceptors (Lipinski definition) is 3. The Balaban J connectivity index is 1.53. The summed E-state index contributed by atoms with van der Waals surface area (Å²) < 4.78 is 5.57. The topological polar surface area (TPSA) is 67.0 Å². The smallest absolute Gasteiger partial charge is 0.251 e. The maximum atomic E-state index is 12.2. The lowest BCUT2D eigenvalue weighted by Gasteiger charge is -2.10. The molecule has 1 aromatic heterocycles. The maximum absolute atomic E-state index is 12.2. The second-order valence-electron chi connectivity index (χ2n) is 5.90. The molecule has 3 rings (SSSR count). The third-order valence-corrected chi connectivity index (χ3v) is 3.57. The number of benzene rings is 2. The van der Waals surface area contributed by atoms with Gasteiger partial charge < -0.3 is 15.0 Å². The molecular formula is C19H21N3O2. The highest BCUT2D eigenvalue weighted by Crippen LogP contribution is 2.14. The van der Waals surface area contributed by atoms with Crippen molar-refractivity contribution in [2.75, 3.05) is 6.54 Å². The fourth-order valence-corrected chi connectivity index (χ4v) is 2.48. The van der Waals surface area contributed by atoms with Gasteiger partial charge in [-0.3, -0.25) is 4.79 Å². The van der Waals surface area contributed by atoms with Crippen LogP contribution in [0.15, 0.2) is 48.5 Å². The summed E-state index contributed by atoms with van der Waals surface area (Å²) in [5.41, 5.74) is 2.58. The van der Waals surface area contributed by atoms with E-state index in [-0.39, 0.29) is 12.0 Å². The zero-order valence-electron chi connectivity index (χ0n) is 13.9. The second-order valence-corrected chi connectivity index (χ2v) is 5.90. The van der Waals surface area contributed by atoms with Crippen LogP contribution in [0.25, 0.3) is 11.0 Å². The molecule has 0 atom stereocenters. The van der Waals surface area contributed by atoms with Crippen LogP contribution in [0.5, 0.6) is 5.75 Å². The number of fused-ring (bicyclic) bond motifs is 1. The van der Waals surface area contributed by atoms with Gasteiger partial charge in [-0.1, -0.05) is 12.1 Å². The molecule has 5 nitrogen and oxygen atoms in total. The summed E-state index contributed by atoms with van der Waals surface area (Å²) in [5, 5.41) is 2.91. The number of carbonyl (C=O) groups excluding carboxylic acids is 1. The van der Waals surface area contributed by atoms with Crippen LogP contribution < -0.4 is 10.1 Å². The average Bonchev–Trinajstić information content (AvgIpc) is 2.97. The number of nitrogens with zero attached hydrogens (tertiary/aromatic N) is 1. The number of ether oxygens (including phenoxy) is 1. The number of imidazole rings is 1. The van der Waals surface area contributed by atoms with Crippen LogP contribution in [0.4, 0.5) is 0 Å². The van der Waals surface area contributed by atoms with E-state index in [1.165, 1.54) is 0 Å². The number of amides is 1. The van der Waals surface area contributed by atoms with E-state index in [2.05, 4.69) is 15.3 Å². The van der Waals surface area contributed by atoms with Crippen molar-refractivity contribution in [2.45, 2.75) is 26.4 Å². The Morgan fingerprint density at radius 1 is 1.17 bits per heavy atom. The molecule has 1 amide bonds. The standard InChI is InChI=1S/C19H21N3O2/c1-13(2)24-15-9-7-14(8-10-15)19(23)20-12-11-18-21-16-5-3-4-6-17(16)22-18/h3-10,13H,11-12H2,1-2H3,(H,20,23)(H,21,22). The predicted molar refractivity (Wildman–Crippen MR) is 94.3 cm³/mol. The number of carbonyl (C=O) groups is 1. The van der Waals surface area contributed by atoms with Crippen LogP contribution in [-0.2, 0) is 6.42 Å². The highest BCUT2D eigenvalue weighted by molar-refractivity contribution is 5.94. The molecule has 0 fully saturated rings. The third-order valence-electron chi connectivity index (χ3n) is 3.57. The van der Waals surface area contributed by atoms with Gasteiger partial charge in [-0.2, -0.15) is 0 Å². The Hall–Kier alpha value is -2.82. The largest absolute Gasteiger partial charge is 0.491 e. The molecule has 2 N–H and O–H groups in total. The molecule has 0 aliphatic rings. The average molecular weight is 323 g/mol. The molecule has 0 radical (unpaired) electrons. The van der Waals surface area contributed by atoms with Gasteiger partial charge in [0.2, 0.25) is 0 Å². The van der Waals surface area contributed by atoms with Crippen molar-refractivity contribution in [1.82, 2.24) is 15.3 Å². The second kappa shape index (κ2) is 7.17. The van der Waals surface area contributed by atoms with Gasteiger partial charge >= 0.3 is 0 Å². The number of aromatic amines is 1. The van der Waals surface area contributed by atoms with Gasteiger partial charge in [0.15, 0.2) is 0 Å². The van der Waals surface area contributed by atoms with Gasteiger partial charge in [0.05, 0.1) is 17.1 Å². The van der Waals surface area contributed by atoms with Gasteiger partial charge in [-0.05, 0) is 50.2 Å². The molecule has 5 heteroatoms. The maximum Gasteiger partial charge on any atom is 0.251 e. The molecule has 0 aliphatic carbocycles. The van der Waals surface area contributed by atoms with Crippen molar-refractivity contribution in [3.8, 4) is 5.75 Å². The zero-order valence-corrected chi connectivity index (χ0v) is 13.9. The van der Waals surface area contributed by atoms with Gasteiger partial charge in [0.25, 0.3) is 5.91 Å². The van der Waals surface area contributed by atoms with E-state index in [1.54, 1.807) is 12.1 Å². The SMILES string of the molecule is CC(C)Oc1ccc(C(=O)NCCc2nc3ccccc3[nH]2)cc1. The van der Waals surface area contributed by atoms with E-state index in [4.69, 9.17) is 4.74 Å². The molecule has 24 heavy (non-hydrogen) atoms. The van der Waals surface area contributed by atoms with E-state index >= 15 is 0 Å². The minimum Gasteiger partial charge on any atom is -0.491 e. The lowest BCUT2D eigenvalue weighted by molar-refractivity contribution is 0.0954. The van der Waals surface area contributed by atoms with Gasteiger partial charge in [-0.25, -0.2) is 4.98 Å². The first-order chi connectivity index (χ1) is 11.6. The minimum absolute atomic E-state index is 0.0952. The van der Waals surface area contributed by atoms with Crippen molar-refractivity contribution in [1.29, 1.82) is 0 Å². The molecule has 0 saturated carbocycles. The van der Waals surface area contributed by atoms with Crippen LogP contribution in [0.1, 0.15) is 30.0 Å². The summed E-state index contributed by atoms with van der Waals surface area (Å²) >= 11 is 0. The predicted octanol–water partition coefficient (Wildman–Crippen LogP) is 3.32. The summed E-state index contributed by atoms with van der Waals surface area (Å²) in [6, 6.07) is 15.1. The Morgan fingerprint density at radius 2 is 1.92 bits per heavy atom. The Labute approximate surface area is 141 Å². The quantitative estimate of drug-likeness (QED) is 0.731. The number of para-hydroxylation sites is 2. The molecule has 0 spiro atoms. The van der Waals surface area contributed by atoms with Crippen LogP contribution in [-0.4, -0.2) is 28.5 Å². The monoisotopic (exact) mass is 323 g/mol. The molecule has 3 aromatic rings. The zero-order chi connectivity index (χ0) is 16.9. The molecule has 124 valence electrons. The van der Waals surface area contributed by atoms with E-state index in [9.17, 15) is 4.79 Å². The van der Waals surface area contributed by atoms with Crippen molar-refractivity contribution in [3.63, 3.8) is 0 Å². The first-order valence-corrected chi connectivity index (χ1v) is 8.10. The summed E-state index contributed by atoms with van der Waals surface area (Å²) in [4.78, 5) is 19.9. The van der Waals surface area contributed by atoms with E-state index in [1.807, 2.05) is 50.2 Å². The fourth-order valence-electron chi connectivity index (χ4n) is 2.48. The highest BCUT2D eigenvalue weighted by atomic mass is 16.5. The third kappa shape index (κ3) is 3.93. The van der Waals surface area contributed by atoms with Crippen molar-refractivity contribution in [2.24, 2.45) is 0 Å². The van der Waals surface area contributed by atoms with Gasteiger partial charge in [-0.15, -0.1) is 0 Å². The normalized spacial score (nSPS) is 11.0. The van der Waals surface area contributed by atoms with Gasteiger partial charge in [0.1, 0.15) is 11.6 Å². The number of rotatable bonds is 6. The Kier molecular flexibility index (Phi) is 4.79. The van der Waals surface area contributed by atoms with E-state index < -0.39 is 0 Å². The van der Waals surface area contributed by atoms with Crippen LogP contribution in [0.3, 0.4) is 0 Å². The Morgan fingerprint density at radius 3 is 2.62 bits per heavy atom. The number of aromatic nitrogens is 2. The van der Waals surface area contributed by atoms with Crippen molar-refractivity contribution >= 4 is 16.9 Å². The summed E-state index contributed by atoms with van der Waals surface area (Å²) in [6.07, 6.45) is 0.781. The highest BCUT2D eigenvalue weighted by Gasteiger charge is 2.07.